The molecular formula is C16H28N2O. The predicted molar refractivity (Wildman–Crippen MR) is 79.4 cm³/mol. The summed E-state index contributed by atoms with van der Waals surface area (Å²) in [4.78, 5) is 0. The lowest BCUT2D eigenvalue weighted by Crippen LogP contribution is -2.17. The zero-order chi connectivity index (χ0) is 13.5. The Morgan fingerprint density at radius 1 is 1.26 bits per heavy atom. The van der Waals surface area contributed by atoms with Gasteiger partial charge in [-0.3, -0.25) is 0 Å². The van der Waals surface area contributed by atoms with E-state index in [-0.39, 0.29) is 0 Å². The summed E-state index contributed by atoms with van der Waals surface area (Å²) in [5.41, 5.74) is 1.39. The van der Waals surface area contributed by atoms with Gasteiger partial charge in [-0.2, -0.15) is 0 Å². The van der Waals surface area contributed by atoms with Crippen LogP contribution in [-0.4, -0.2) is 19.1 Å². The summed E-state index contributed by atoms with van der Waals surface area (Å²) in [5.74, 6) is 2.18. The van der Waals surface area contributed by atoms with Gasteiger partial charge in [-0.15, -0.1) is 0 Å². The molecule has 0 spiro atoms. The zero-order valence-corrected chi connectivity index (χ0v) is 12.4. The van der Waals surface area contributed by atoms with E-state index in [2.05, 4.69) is 30.5 Å². The molecule has 0 bridgehead atoms. The first-order chi connectivity index (χ1) is 9.29. The lowest BCUT2D eigenvalue weighted by molar-refractivity contribution is 0.459. The van der Waals surface area contributed by atoms with E-state index in [4.69, 9.17) is 4.42 Å². The molecule has 0 saturated heterocycles. The summed E-state index contributed by atoms with van der Waals surface area (Å²) in [5, 5.41) is 6.95. The minimum absolute atomic E-state index is 0.840. The van der Waals surface area contributed by atoms with Gasteiger partial charge in [0, 0.05) is 6.04 Å². The Balaban J connectivity index is 1.63. The molecule has 1 fully saturated rings. The second-order valence-corrected chi connectivity index (χ2v) is 5.66. The van der Waals surface area contributed by atoms with Gasteiger partial charge in [0.1, 0.15) is 11.5 Å². The van der Waals surface area contributed by atoms with Crippen molar-refractivity contribution in [3.05, 3.63) is 23.2 Å². The molecule has 2 N–H and O–H groups in total. The summed E-state index contributed by atoms with van der Waals surface area (Å²) < 4.78 is 5.79. The smallest absolute Gasteiger partial charge is 0.118 e. The minimum atomic E-state index is 0.840. The molecule has 1 aromatic heterocycles. The van der Waals surface area contributed by atoms with Gasteiger partial charge in [0.05, 0.1) is 6.54 Å². The van der Waals surface area contributed by atoms with Crippen LogP contribution in [0.1, 0.15) is 56.1 Å². The van der Waals surface area contributed by atoms with Crippen LogP contribution >= 0.6 is 0 Å². The molecule has 3 heteroatoms. The molecule has 0 atom stereocenters. The first-order valence-electron chi connectivity index (χ1n) is 7.82. The average Bonchev–Trinajstić information content (AvgIpc) is 3.14. The van der Waals surface area contributed by atoms with Crippen LogP contribution in [0.5, 0.6) is 0 Å². The first-order valence-corrected chi connectivity index (χ1v) is 7.82. The Morgan fingerprint density at radius 2 is 2.11 bits per heavy atom. The average molecular weight is 264 g/mol. The first kappa shape index (κ1) is 14.6. The molecule has 1 aromatic rings. The van der Waals surface area contributed by atoms with Crippen LogP contribution in [0.3, 0.4) is 0 Å². The summed E-state index contributed by atoms with van der Waals surface area (Å²) in [6, 6.07) is 3.07. The van der Waals surface area contributed by atoms with Gasteiger partial charge in [-0.05, 0) is 70.2 Å². The Labute approximate surface area is 117 Å². The highest BCUT2D eigenvalue weighted by Gasteiger charge is 2.19. The van der Waals surface area contributed by atoms with Crippen molar-refractivity contribution in [2.24, 2.45) is 0 Å². The molecule has 1 aliphatic carbocycles. The molecule has 0 radical (unpaired) electrons. The minimum Gasteiger partial charge on any atom is -0.465 e. The van der Waals surface area contributed by atoms with Crippen LogP contribution in [0.4, 0.5) is 0 Å². The summed E-state index contributed by atoms with van der Waals surface area (Å²) >= 11 is 0. The highest BCUT2D eigenvalue weighted by atomic mass is 16.3. The zero-order valence-electron chi connectivity index (χ0n) is 12.4. The van der Waals surface area contributed by atoms with Crippen LogP contribution < -0.4 is 10.6 Å². The third-order valence-corrected chi connectivity index (χ3v) is 3.68. The number of unbranched alkanes of at least 4 members (excludes halogenated alkanes) is 1. The Morgan fingerprint density at radius 3 is 2.84 bits per heavy atom. The van der Waals surface area contributed by atoms with E-state index >= 15 is 0 Å². The standard InChI is InChI=1S/C16H28N2O/c1-3-9-17-12-16-11-14(13(2)19-16)6-4-5-10-18-15-7-8-15/h11,15,17-18H,3-10,12H2,1-2H3. The summed E-state index contributed by atoms with van der Waals surface area (Å²) in [6.45, 7) is 7.36. The number of furan rings is 1. The van der Waals surface area contributed by atoms with Crippen LogP contribution in [-0.2, 0) is 13.0 Å². The number of nitrogens with one attached hydrogen (secondary N) is 2. The van der Waals surface area contributed by atoms with Gasteiger partial charge in [0.25, 0.3) is 0 Å². The van der Waals surface area contributed by atoms with E-state index in [1.54, 1.807) is 0 Å². The predicted octanol–water partition coefficient (Wildman–Crippen LogP) is 3.16. The molecule has 1 heterocycles. The second-order valence-electron chi connectivity index (χ2n) is 5.66. The topological polar surface area (TPSA) is 37.2 Å². The monoisotopic (exact) mass is 264 g/mol. The van der Waals surface area contributed by atoms with Crippen LogP contribution in [0.2, 0.25) is 0 Å². The maximum Gasteiger partial charge on any atom is 0.118 e. The lowest BCUT2D eigenvalue weighted by atomic mass is 10.1. The summed E-state index contributed by atoms with van der Waals surface area (Å²) in [7, 11) is 0. The normalized spacial score (nSPS) is 15.1. The maximum absolute atomic E-state index is 5.79. The molecule has 0 aliphatic heterocycles. The fraction of sp³-hybridized carbons (Fsp3) is 0.750. The highest BCUT2D eigenvalue weighted by molar-refractivity contribution is 5.20. The van der Waals surface area contributed by atoms with Crippen molar-refractivity contribution >= 4 is 0 Å². The van der Waals surface area contributed by atoms with Crippen LogP contribution in [0.25, 0.3) is 0 Å². The quantitative estimate of drug-likeness (QED) is 0.637. The van der Waals surface area contributed by atoms with E-state index in [9.17, 15) is 0 Å². The van der Waals surface area contributed by atoms with Crippen molar-refractivity contribution < 1.29 is 4.42 Å². The van der Waals surface area contributed by atoms with E-state index < -0.39 is 0 Å². The van der Waals surface area contributed by atoms with E-state index in [0.717, 1.165) is 37.1 Å². The molecule has 2 rings (SSSR count). The fourth-order valence-electron chi connectivity index (χ4n) is 2.35. The van der Waals surface area contributed by atoms with Crippen molar-refractivity contribution in [2.75, 3.05) is 13.1 Å². The van der Waals surface area contributed by atoms with Gasteiger partial charge >= 0.3 is 0 Å². The van der Waals surface area contributed by atoms with Gasteiger partial charge in [-0.25, -0.2) is 0 Å². The van der Waals surface area contributed by atoms with Crippen LogP contribution in [0, 0.1) is 6.92 Å². The number of hydrogen-bond acceptors (Lipinski definition) is 3. The van der Waals surface area contributed by atoms with Gasteiger partial charge < -0.3 is 15.1 Å². The van der Waals surface area contributed by atoms with Crippen molar-refractivity contribution in [1.29, 1.82) is 0 Å². The van der Waals surface area contributed by atoms with Crippen LogP contribution in [0.15, 0.2) is 10.5 Å². The number of aryl methyl sites for hydroxylation is 2. The SMILES string of the molecule is CCCNCc1cc(CCCCNC2CC2)c(C)o1. The molecule has 3 nitrogen and oxygen atoms in total. The Hall–Kier alpha value is -0.800. The highest BCUT2D eigenvalue weighted by Crippen LogP contribution is 2.19. The molecule has 0 amide bonds. The van der Waals surface area contributed by atoms with Crippen molar-refractivity contribution in [2.45, 2.75) is 65.0 Å². The van der Waals surface area contributed by atoms with E-state index in [0.29, 0.717) is 0 Å². The molecule has 0 aromatic carbocycles. The van der Waals surface area contributed by atoms with Crippen molar-refractivity contribution in [3.8, 4) is 0 Å². The molecule has 108 valence electrons. The second kappa shape index (κ2) is 7.71. The third-order valence-electron chi connectivity index (χ3n) is 3.68. The largest absolute Gasteiger partial charge is 0.465 e. The molecular weight excluding hydrogens is 236 g/mol. The maximum atomic E-state index is 5.79. The lowest BCUT2D eigenvalue weighted by Gasteiger charge is -2.02. The van der Waals surface area contributed by atoms with E-state index in [1.165, 1.54) is 44.2 Å². The molecule has 19 heavy (non-hydrogen) atoms. The number of hydrogen-bond donors (Lipinski definition) is 2. The van der Waals surface area contributed by atoms with E-state index in [1.807, 2.05) is 0 Å². The van der Waals surface area contributed by atoms with Gasteiger partial charge in [0.2, 0.25) is 0 Å². The summed E-state index contributed by atoms with van der Waals surface area (Å²) in [6.07, 6.45) is 7.60. The fourth-order valence-corrected chi connectivity index (χ4v) is 2.35. The Kier molecular flexibility index (Phi) is 5.93. The molecule has 0 unspecified atom stereocenters. The third kappa shape index (κ3) is 5.37. The van der Waals surface area contributed by atoms with Gasteiger partial charge in [-0.1, -0.05) is 6.92 Å². The molecule has 1 aliphatic rings. The van der Waals surface area contributed by atoms with Crippen molar-refractivity contribution in [3.63, 3.8) is 0 Å². The van der Waals surface area contributed by atoms with Crippen molar-refractivity contribution in [1.82, 2.24) is 10.6 Å². The number of rotatable bonds is 10. The Bertz CT molecular complexity index is 369. The van der Waals surface area contributed by atoms with Gasteiger partial charge in [0.15, 0.2) is 0 Å². The molecule has 1 saturated carbocycles.